The Hall–Kier alpha value is -2.99. The van der Waals surface area contributed by atoms with Crippen molar-refractivity contribution < 1.29 is 9.53 Å². The summed E-state index contributed by atoms with van der Waals surface area (Å²) in [6, 6.07) is 11.8. The Morgan fingerprint density at radius 2 is 2.18 bits per heavy atom. The number of aliphatic imine (C=N–C) groups is 1. The lowest BCUT2D eigenvalue weighted by molar-refractivity contribution is 0.0784. The van der Waals surface area contributed by atoms with Crippen LogP contribution in [-0.4, -0.2) is 35.0 Å². The standard InChI is InChI=1S/C22H21N3O2S/c1-3-27-21-9-15(7-8-19(21)18-11-24-28-14-18)22(26)25(2)13-17-6-4-5-16-10-23-12-20(16)17/h4-11,14H,3,12-13H2,1-2H3. The van der Waals surface area contributed by atoms with Gasteiger partial charge in [-0.1, -0.05) is 18.2 Å². The highest BCUT2D eigenvalue weighted by atomic mass is 32.1. The molecule has 0 unspecified atom stereocenters. The number of fused-ring (bicyclic) bond motifs is 1. The van der Waals surface area contributed by atoms with Crippen LogP contribution in [-0.2, 0) is 13.1 Å². The summed E-state index contributed by atoms with van der Waals surface area (Å²) < 4.78 is 9.96. The number of carbonyl (C=O) groups excluding carboxylic acids is 1. The highest BCUT2D eigenvalue weighted by Crippen LogP contribution is 2.32. The van der Waals surface area contributed by atoms with Gasteiger partial charge in [0.15, 0.2) is 0 Å². The van der Waals surface area contributed by atoms with Crippen molar-refractivity contribution in [3.8, 4) is 16.9 Å². The van der Waals surface area contributed by atoms with Gasteiger partial charge in [-0.05, 0) is 53.3 Å². The minimum atomic E-state index is -0.0348. The second-order valence-corrected chi connectivity index (χ2v) is 7.33. The van der Waals surface area contributed by atoms with E-state index in [2.05, 4.69) is 21.5 Å². The summed E-state index contributed by atoms with van der Waals surface area (Å²) in [5.74, 6) is 0.670. The maximum Gasteiger partial charge on any atom is 0.254 e. The van der Waals surface area contributed by atoms with E-state index < -0.39 is 0 Å². The van der Waals surface area contributed by atoms with Crippen LogP contribution >= 0.6 is 11.5 Å². The molecule has 2 aromatic carbocycles. The van der Waals surface area contributed by atoms with Crippen molar-refractivity contribution in [3.05, 3.63) is 70.2 Å². The van der Waals surface area contributed by atoms with Crippen molar-refractivity contribution in [1.29, 1.82) is 0 Å². The molecule has 28 heavy (non-hydrogen) atoms. The first-order chi connectivity index (χ1) is 13.7. The van der Waals surface area contributed by atoms with Crippen LogP contribution in [0.3, 0.4) is 0 Å². The Labute approximate surface area is 168 Å². The first kappa shape index (κ1) is 18.4. The fourth-order valence-electron chi connectivity index (χ4n) is 3.41. The van der Waals surface area contributed by atoms with E-state index in [0.717, 1.165) is 22.3 Å². The fraction of sp³-hybridized carbons (Fsp3) is 0.227. The zero-order chi connectivity index (χ0) is 19.5. The second-order valence-electron chi connectivity index (χ2n) is 6.67. The summed E-state index contributed by atoms with van der Waals surface area (Å²) in [4.78, 5) is 19.1. The predicted molar refractivity (Wildman–Crippen MR) is 112 cm³/mol. The number of benzene rings is 2. The zero-order valence-electron chi connectivity index (χ0n) is 15.9. The molecular formula is C22H21N3O2S. The molecule has 3 aromatic rings. The van der Waals surface area contributed by atoms with Gasteiger partial charge in [0.2, 0.25) is 0 Å². The van der Waals surface area contributed by atoms with Crippen molar-refractivity contribution in [2.75, 3.05) is 13.7 Å². The zero-order valence-corrected chi connectivity index (χ0v) is 16.7. The summed E-state index contributed by atoms with van der Waals surface area (Å²) in [6.07, 6.45) is 3.71. The van der Waals surface area contributed by atoms with Crippen LogP contribution in [0.2, 0.25) is 0 Å². The molecule has 0 atom stereocenters. The summed E-state index contributed by atoms with van der Waals surface area (Å²) in [5, 5.41) is 1.98. The molecule has 0 radical (unpaired) electrons. The Bertz CT molecular complexity index is 1030. The first-order valence-corrected chi connectivity index (χ1v) is 10.0. The first-order valence-electron chi connectivity index (χ1n) is 9.20. The molecule has 0 spiro atoms. The predicted octanol–water partition coefficient (Wildman–Crippen LogP) is 4.41. The maximum absolute atomic E-state index is 13.0. The minimum absolute atomic E-state index is 0.0348. The van der Waals surface area contributed by atoms with E-state index in [1.54, 1.807) is 4.90 Å². The van der Waals surface area contributed by atoms with E-state index in [1.165, 1.54) is 17.1 Å². The highest BCUT2D eigenvalue weighted by Gasteiger charge is 2.18. The third-order valence-electron chi connectivity index (χ3n) is 4.81. The van der Waals surface area contributed by atoms with Crippen molar-refractivity contribution in [2.45, 2.75) is 20.0 Å². The van der Waals surface area contributed by atoms with Crippen LogP contribution < -0.4 is 4.74 Å². The Balaban J connectivity index is 1.57. The lowest BCUT2D eigenvalue weighted by atomic mass is 10.0. The SMILES string of the molecule is CCOc1cc(C(=O)N(C)Cc2cccc3c2CN=C3)ccc1-c1cnsc1. The minimum Gasteiger partial charge on any atom is -0.493 e. The van der Waals surface area contributed by atoms with Crippen molar-refractivity contribution >= 4 is 23.7 Å². The molecule has 0 fully saturated rings. The van der Waals surface area contributed by atoms with E-state index in [0.29, 0.717) is 31.0 Å². The van der Waals surface area contributed by atoms with Crippen molar-refractivity contribution in [3.63, 3.8) is 0 Å². The molecule has 142 valence electrons. The Morgan fingerprint density at radius 3 is 2.96 bits per heavy atom. The molecule has 5 nitrogen and oxygen atoms in total. The number of aromatic nitrogens is 1. The molecule has 0 saturated heterocycles. The lowest BCUT2D eigenvalue weighted by Crippen LogP contribution is -2.26. The van der Waals surface area contributed by atoms with Gasteiger partial charge in [-0.3, -0.25) is 9.79 Å². The third-order valence-corrected chi connectivity index (χ3v) is 5.40. The van der Waals surface area contributed by atoms with Crippen LogP contribution in [0.5, 0.6) is 5.75 Å². The fourth-order valence-corrected chi connectivity index (χ4v) is 3.94. The van der Waals surface area contributed by atoms with E-state index in [-0.39, 0.29) is 5.91 Å². The largest absolute Gasteiger partial charge is 0.493 e. The molecule has 1 amide bonds. The number of nitrogens with zero attached hydrogens (tertiary/aromatic N) is 3. The molecule has 4 rings (SSSR count). The normalized spacial score (nSPS) is 12.1. The number of amides is 1. The van der Waals surface area contributed by atoms with Gasteiger partial charge in [0.05, 0.1) is 13.2 Å². The topological polar surface area (TPSA) is 54.8 Å². The summed E-state index contributed by atoms with van der Waals surface area (Å²) in [6.45, 7) is 3.71. The van der Waals surface area contributed by atoms with Gasteiger partial charge in [0, 0.05) is 48.1 Å². The molecule has 1 aliphatic rings. The molecular weight excluding hydrogens is 370 g/mol. The molecule has 0 bridgehead atoms. The van der Waals surface area contributed by atoms with E-state index in [4.69, 9.17) is 4.74 Å². The number of ether oxygens (including phenoxy) is 1. The number of carbonyl (C=O) groups is 1. The van der Waals surface area contributed by atoms with Crippen LogP contribution in [0, 0.1) is 0 Å². The van der Waals surface area contributed by atoms with Crippen LogP contribution in [0.25, 0.3) is 11.1 Å². The summed E-state index contributed by atoms with van der Waals surface area (Å²) in [7, 11) is 1.83. The summed E-state index contributed by atoms with van der Waals surface area (Å²) in [5.41, 5.74) is 6.05. The smallest absolute Gasteiger partial charge is 0.254 e. The van der Waals surface area contributed by atoms with Gasteiger partial charge >= 0.3 is 0 Å². The molecule has 0 saturated carbocycles. The molecule has 2 heterocycles. The molecule has 1 aliphatic heterocycles. The van der Waals surface area contributed by atoms with Gasteiger partial charge in [-0.25, -0.2) is 4.37 Å². The van der Waals surface area contributed by atoms with Gasteiger partial charge < -0.3 is 9.64 Å². The van der Waals surface area contributed by atoms with Crippen LogP contribution in [0.1, 0.15) is 34.0 Å². The monoisotopic (exact) mass is 391 g/mol. The van der Waals surface area contributed by atoms with Crippen LogP contribution in [0.4, 0.5) is 0 Å². The average Bonchev–Trinajstić information content (AvgIpc) is 3.40. The number of rotatable bonds is 6. The van der Waals surface area contributed by atoms with E-state index in [9.17, 15) is 4.79 Å². The summed E-state index contributed by atoms with van der Waals surface area (Å²) >= 11 is 1.40. The van der Waals surface area contributed by atoms with Gasteiger partial charge in [-0.15, -0.1) is 0 Å². The van der Waals surface area contributed by atoms with E-state index >= 15 is 0 Å². The Kier molecular flexibility index (Phi) is 5.21. The van der Waals surface area contributed by atoms with Crippen molar-refractivity contribution in [1.82, 2.24) is 9.27 Å². The molecule has 0 aliphatic carbocycles. The van der Waals surface area contributed by atoms with Crippen LogP contribution in [0.15, 0.2) is 53.0 Å². The molecule has 6 heteroatoms. The number of hydrogen-bond donors (Lipinski definition) is 0. The lowest BCUT2D eigenvalue weighted by Gasteiger charge is -2.20. The second kappa shape index (κ2) is 7.94. The van der Waals surface area contributed by atoms with Crippen molar-refractivity contribution in [2.24, 2.45) is 4.99 Å². The average molecular weight is 391 g/mol. The molecule has 1 aromatic heterocycles. The maximum atomic E-state index is 13.0. The van der Waals surface area contributed by atoms with Gasteiger partial charge in [0.1, 0.15) is 5.75 Å². The highest BCUT2D eigenvalue weighted by molar-refractivity contribution is 7.03. The van der Waals surface area contributed by atoms with E-state index in [1.807, 2.05) is 56.0 Å². The Morgan fingerprint density at radius 1 is 1.29 bits per heavy atom. The number of hydrogen-bond acceptors (Lipinski definition) is 5. The molecule has 0 N–H and O–H groups in total. The quantitative estimate of drug-likeness (QED) is 0.625. The third kappa shape index (κ3) is 3.55. The van der Waals surface area contributed by atoms with Gasteiger partial charge in [0.25, 0.3) is 5.91 Å². The van der Waals surface area contributed by atoms with Gasteiger partial charge in [-0.2, -0.15) is 0 Å².